The second-order valence-corrected chi connectivity index (χ2v) is 4.21. The predicted molar refractivity (Wildman–Crippen MR) is 67.8 cm³/mol. The molecule has 0 atom stereocenters. The Morgan fingerprint density at radius 2 is 1.88 bits per heavy atom. The van der Waals surface area contributed by atoms with Crippen molar-refractivity contribution in [3.05, 3.63) is 29.3 Å². The Morgan fingerprint density at radius 3 is 2.47 bits per heavy atom. The van der Waals surface area contributed by atoms with Crippen LogP contribution in [0.25, 0.3) is 0 Å². The number of nitrogens with zero attached hydrogens (tertiary/aromatic N) is 3. The normalized spacial score (nSPS) is 10.4. The van der Waals surface area contributed by atoms with Crippen molar-refractivity contribution in [3.63, 3.8) is 0 Å². The molecule has 0 fully saturated rings. The van der Waals surface area contributed by atoms with Crippen LogP contribution in [0.3, 0.4) is 0 Å². The average Bonchev–Trinajstić information content (AvgIpc) is 2.72. The molecule has 1 N–H and O–H groups in total. The molecule has 0 saturated carbocycles. The third-order valence-corrected chi connectivity index (χ3v) is 2.56. The molecule has 5 nitrogen and oxygen atoms in total. The van der Waals surface area contributed by atoms with E-state index < -0.39 is 0 Å². The summed E-state index contributed by atoms with van der Waals surface area (Å²) in [6.45, 7) is 4.15. The van der Waals surface area contributed by atoms with Gasteiger partial charge < -0.3 is 14.6 Å². The number of anilines is 3. The molecule has 0 aliphatic rings. The van der Waals surface area contributed by atoms with E-state index in [4.69, 9.17) is 4.42 Å². The summed E-state index contributed by atoms with van der Waals surface area (Å²) < 4.78 is 5.41. The molecule has 2 rings (SSSR count). The highest BCUT2D eigenvalue weighted by atomic mass is 16.4. The maximum Gasteiger partial charge on any atom is 0.321 e. The highest BCUT2D eigenvalue weighted by Gasteiger charge is 2.07. The lowest BCUT2D eigenvalue weighted by Gasteiger charge is -2.05. The van der Waals surface area contributed by atoms with Crippen LogP contribution in [0.15, 0.2) is 22.6 Å². The van der Waals surface area contributed by atoms with Gasteiger partial charge in [0, 0.05) is 19.8 Å². The van der Waals surface area contributed by atoms with Crippen molar-refractivity contribution >= 4 is 17.7 Å². The van der Waals surface area contributed by atoms with Gasteiger partial charge in [0.15, 0.2) is 0 Å². The van der Waals surface area contributed by atoms with Gasteiger partial charge in [-0.1, -0.05) is 16.3 Å². The number of rotatable bonds is 3. The number of hydrogen-bond donors (Lipinski definition) is 1. The van der Waals surface area contributed by atoms with Gasteiger partial charge in [-0.05, 0) is 37.1 Å². The molecule has 0 aliphatic heterocycles. The van der Waals surface area contributed by atoms with E-state index in [0.29, 0.717) is 12.0 Å². The van der Waals surface area contributed by atoms with Crippen LogP contribution in [-0.2, 0) is 0 Å². The Morgan fingerprint density at radius 1 is 1.12 bits per heavy atom. The minimum Gasteiger partial charge on any atom is -0.389 e. The monoisotopic (exact) mass is 232 g/mol. The van der Waals surface area contributed by atoms with E-state index in [1.807, 2.05) is 20.2 Å². The molecule has 17 heavy (non-hydrogen) atoms. The fraction of sp³-hybridized carbons (Fsp3) is 0.333. The standard InChI is InChI=1S/C12H16N4O/c1-8-5-6-10(7-9(8)2)13-11-14-15-12(17-11)16(3)4/h5-7H,1-4H3,(H,13,14). The summed E-state index contributed by atoms with van der Waals surface area (Å²) in [5, 5.41) is 10.9. The van der Waals surface area contributed by atoms with Crippen molar-refractivity contribution in [2.75, 3.05) is 24.3 Å². The van der Waals surface area contributed by atoms with Gasteiger partial charge >= 0.3 is 12.0 Å². The first kappa shape index (κ1) is 11.4. The zero-order valence-corrected chi connectivity index (χ0v) is 10.5. The summed E-state index contributed by atoms with van der Waals surface area (Å²) in [4.78, 5) is 1.76. The summed E-state index contributed by atoms with van der Waals surface area (Å²) in [6.07, 6.45) is 0. The fourth-order valence-corrected chi connectivity index (χ4v) is 1.39. The van der Waals surface area contributed by atoms with Crippen molar-refractivity contribution < 1.29 is 4.42 Å². The smallest absolute Gasteiger partial charge is 0.321 e. The maximum atomic E-state index is 5.41. The summed E-state index contributed by atoms with van der Waals surface area (Å²) >= 11 is 0. The van der Waals surface area contributed by atoms with Crippen LogP contribution < -0.4 is 10.2 Å². The quantitative estimate of drug-likeness (QED) is 0.881. The average molecular weight is 232 g/mol. The molecule has 0 bridgehead atoms. The second-order valence-electron chi connectivity index (χ2n) is 4.21. The van der Waals surface area contributed by atoms with Gasteiger partial charge in [-0.15, -0.1) is 0 Å². The lowest BCUT2D eigenvalue weighted by Crippen LogP contribution is -2.08. The molecule has 0 aliphatic carbocycles. The molecule has 2 aromatic rings. The third-order valence-electron chi connectivity index (χ3n) is 2.56. The van der Waals surface area contributed by atoms with Crippen LogP contribution in [-0.4, -0.2) is 24.3 Å². The Labute approximate surface area is 100 Å². The molecule has 0 unspecified atom stereocenters. The van der Waals surface area contributed by atoms with Gasteiger partial charge in [0.25, 0.3) is 0 Å². The van der Waals surface area contributed by atoms with Crippen molar-refractivity contribution in [1.82, 2.24) is 10.2 Å². The molecule has 1 aromatic carbocycles. The molecular formula is C12H16N4O. The lowest BCUT2D eigenvalue weighted by molar-refractivity contribution is 0.569. The molecule has 0 spiro atoms. The first-order chi connectivity index (χ1) is 8.06. The van der Waals surface area contributed by atoms with Crippen LogP contribution in [0.1, 0.15) is 11.1 Å². The fourth-order valence-electron chi connectivity index (χ4n) is 1.39. The van der Waals surface area contributed by atoms with Crippen molar-refractivity contribution in [3.8, 4) is 0 Å². The van der Waals surface area contributed by atoms with Gasteiger partial charge in [0.2, 0.25) is 0 Å². The minimum atomic E-state index is 0.400. The maximum absolute atomic E-state index is 5.41. The first-order valence-electron chi connectivity index (χ1n) is 5.41. The van der Waals surface area contributed by atoms with Gasteiger partial charge in [0.1, 0.15) is 0 Å². The van der Waals surface area contributed by atoms with Crippen molar-refractivity contribution in [2.24, 2.45) is 0 Å². The van der Waals surface area contributed by atoms with Gasteiger partial charge in [-0.25, -0.2) is 0 Å². The van der Waals surface area contributed by atoms with Crippen LogP contribution in [0.5, 0.6) is 0 Å². The summed E-state index contributed by atoms with van der Waals surface area (Å²) in [7, 11) is 3.71. The summed E-state index contributed by atoms with van der Waals surface area (Å²) in [5.74, 6) is 0. The molecule has 5 heteroatoms. The SMILES string of the molecule is Cc1ccc(Nc2nnc(N(C)C)o2)cc1C. The van der Waals surface area contributed by atoms with Crippen LogP contribution in [0.2, 0.25) is 0 Å². The molecule has 1 heterocycles. The number of hydrogen-bond acceptors (Lipinski definition) is 5. The second kappa shape index (κ2) is 4.45. The number of benzene rings is 1. The largest absolute Gasteiger partial charge is 0.389 e. The van der Waals surface area contributed by atoms with Gasteiger partial charge in [-0.3, -0.25) is 0 Å². The molecular weight excluding hydrogens is 216 g/mol. The Balaban J connectivity index is 2.16. The van der Waals surface area contributed by atoms with Crippen molar-refractivity contribution in [1.29, 1.82) is 0 Å². The van der Waals surface area contributed by atoms with Crippen LogP contribution in [0, 0.1) is 13.8 Å². The van der Waals surface area contributed by atoms with E-state index in [1.165, 1.54) is 11.1 Å². The summed E-state index contributed by atoms with van der Waals surface area (Å²) in [6, 6.07) is 6.98. The molecule has 1 aromatic heterocycles. The third kappa shape index (κ3) is 2.55. The summed E-state index contributed by atoms with van der Waals surface area (Å²) in [5.41, 5.74) is 3.43. The zero-order valence-electron chi connectivity index (χ0n) is 10.5. The molecule has 0 radical (unpaired) electrons. The van der Waals surface area contributed by atoms with Crippen LogP contribution in [0.4, 0.5) is 17.7 Å². The molecule has 90 valence electrons. The highest BCUT2D eigenvalue weighted by Crippen LogP contribution is 2.20. The Kier molecular flexibility index (Phi) is 2.99. The topological polar surface area (TPSA) is 54.2 Å². The minimum absolute atomic E-state index is 0.400. The van der Waals surface area contributed by atoms with E-state index in [0.717, 1.165) is 5.69 Å². The Hall–Kier alpha value is -2.04. The number of aryl methyl sites for hydroxylation is 2. The van der Waals surface area contributed by atoms with E-state index in [9.17, 15) is 0 Å². The van der Waals surface area contributed by atoms with Gasteiger partial charge in [-0.2, -0.15) is 0 Å². The lowest BCUT2D eigenvalue weighted by atomic mass is 10.1. The van der Waals surface area contributed by atoms with Crippen LogP contribution >= 0.6 is 0 Å². The van der Waals surface area contributed by atoms with Crippen molar-refractivity contribution in [2.45, 2.75) is 13.8 Å². The highest BCUT2D eigenvalue weighted by molar-refractivity contribution is 5.54. The number of nitrogens with one attached hydrogen (secondary N) is 1. The first-order valence-corrected chi connectivity index (χ1v) is 5.41. The zero-order chi connectivity index (χ0) is 12.4. The predicted octanol–water partition coefficient (Wildman–Crippen LogP) is 2.50. The molecule has 0 amide bonds. The van der Waals surface area contributed by atoms with E-state index in [1.54, 1.807) is 4.90 Å². The van der Waals surface area contributed by atoms with E-state index in [-0.39, 0.29) is 0 Å². The molecule has 0 saturated heterocycles. The van der Waals surface area contributed by atoms with Gasteiger partial charge in [0.05, 0.1) is 0 Å². The number of aromatic nitrogens is 2. The van der Waals surface area contributed by atoms with E-state index in [2.05, 4.69) is 41.5 Å². The van der Waals surface area contributed by atoms with E-state index >= 15 is 0 Å². The Bertz CT molecular complexity index is 519.